The monoisotopic (exact) mass is 484 g/mol. The second kappa shape index (κ2) is 8.81. The Labute approximate surface area is 188 Å². The van der Waals surface area contributed by atoms with Crippen LogP contribution in [0.15, 0.2) is 83.3 Å². The van der Waals surface area contributed by atoms with Gasteiger partial charge in [0.05, 0.1) is 17.6 Å². The number of carbonyl (C=O) groups excluding carboxylic acids is 1. The molecule has 0 spiro atoms. The molecule has 0 saturated heterocycles. The van der Waals surface area contributed by atoms with Crippen molar-refractivity contribution < 1.29 is 14.3 Å². The van der Waals surface area contributed by atoms with Crippen LogP contribution in [0.4, 0.5) is 17.1 Å². The number of aldehydes is 1. The molecule has 30 heavy (non-hydrogen) atoms. The number of hydrogen-bond acceptors (Lipinski definition) is 5. The van der Waals surface area contributed by atoms with Crippen molar-refractivity contribution in [2.75, 3.05) is 10.2 Å². The fourth-order valence-electron chi connectivity index (χ4n) is 3.02. The standard InChI is InChI=1S/C23H18BrClN2O3/c1-15(14-28)29-19-7-9-20(10-8-19)30-23-13-26-21-12-17(25)4-11-22(21)27(23)18-5-2-16(24)3-6-18/h2-15,26H,1H3/t15-/m1/s1. The number of halogens is 2. The van der Waals surface area contributed by atoms with Gasteiger partial charge in [0.1, 0.15) is 11.5 Å². The maximum atomic E-state index is 10.8. The van der Waals surface area contributed by atoms with E-state index >= 15 is 0 Å². The average molecular weight is 486 g/mol. The lowest BCUT2D eigenvalue weighted by Gasteiger charge is -2.32. The molecule has 0 saturated carbocycles. The van der Waals surface area contributed by atoms with Crippen LogP contribution in [0.2, 0.25) is 5.02 Å². The van der Waals surface area contributed by atoms with Gasteiger partial charge >= 0.3 is 0 Å². The summed E-state index contributed by atoms with van der Waals surface area (Å²) < 4.78 is 12.7. The number of hydrogen-bond donors (Lipinski definition) is 1. The number of benzene rings is 3. The third kappa shape index (κ3) is 4.45. The minimum atomic E-state index is -0.502. The van der Waals surface area contributed by atoms with Crippen molar-refractivity contribution in [1.82, 2.24) is 0 Å². The lowest BCUT2D eigenvalue weighted by molar-refractivity contribution is -0.113. The van der Waals surface area contributed by atoms with E-state index < -0.39 is 6.10 Å². The number of fused-ring (bicyclic) bond motifs is 1. The average Bonchev–Trinajstić information content (AvgIpc) is 2.75. The highest BCUT2D eigenvalue weighted by molar-refractivity contribution is 9.10. The van der Waals surface area contributed by atoms with E-state index in [-0.39, 0.29) is 0 Å². The zero-order valence-electron chi connectivity index (χ0n) is 16.0. The Hall–Kier alpha value is -2.96. The molecule has 1 N–H and O–H groups in total. The van der Waals surface area contributed by atoms with Crippen LogP contribution in [0, 0.1) is 0 Å². The fraction of sp³-hybridized carbons (Fsp3) is 0.0870. The number of anilines is 3. The molecule has 3 aromatic rings. The van der Waals surface area contributed by atoms with E-state index in [9.17, 15) is 4.79 Å². The maximum absolute atomic E-state index is 10.8. The van der Waals surface area contributed by atoms with Crippen LogP contribution in [-0.2, 0) is 4.79 Å². The van der Waals surface area contributed by atoms with Crippen LogP contribution in [0.1, 0.15) is 6.92 Å². The first-order chi connectivity index (χ1) is 14.5. The van der Waals surface area contributed by atoms with E-state index in [4.69, 9.17) is 21.1 Å². The van der Waals surface area contributed by atoms with Crippen LogP contribution in [0.25, 0.3) is 0 Å². The minimum absolute atomic E-state index is 0.502. The number of carbonyl (C=O) groups is 1. The molecule has 0 amide bonds. The minimum Gasteiger partial charge on any atom is -0.483 e. The van der Waals surface area contributed by atoms with Crippen molar-refractivity contribution in [3.8, 4) is 11.5 Å². The summed E-state index contributed by atoms with van der Waals surface area (Å²) in [5.74, 6) is 1.83. The Morgan fingerprint density at radius 3 is 2.43 bits per heavy atom. The smallest absolute Gasteiger partial charge is 0.221 e. The quantitative estimate of drug-likeness (QED) is 0.403. The summed E-state index contributed by atoms with van der Waals surface area (Å²) in [5, 5.41) is 3.89. The molecular formula is C23H18BrClN2O3. The molecule has 4 rings (SSSR count). The Bertz CT molecular complexity index is 1080. The molecule has 152 valence electrons. The fourth-order valence-corrected chi connectivity index (χ4v) is 3.46. The first-order valence-electron chi connectivity index (χ1n) is 9.25. The van der Waals surface area contributed by atoms with Crippen molar-refractivity contribution in [3.05, 3.63) is 88.3 Å². The predicted octanol–water partition coefficient (Wildman–Crippen LogP) is 6.51. The topological polar surface area (TPSA) is 50.8 Å². The van der Waals surface area contributed by atoms with Crippen molar-refractivity contribution >= 4 is 50.9 Å². The highest BCUT2D eigenvalue weighted by Gasteiger charge is 2.24. The van der Waals surface area contributed by atoms with Crippen LogP contribution < -0.4 is 19.7 Å². The molecule has 5 nitrogen and oxygen atoms in total. The van der Waals surface area contributed by atoms with E-state index in [1.165, 1.54) is 0 Å². The third-order valence-corrected chi connectivity index (χ3v) is 5.18. The summed E-state index contributed by atoms with van der Waals surface area (Å²) >= 11 is 9.65. The van der Waals surface area contributed by atoms with Gasteiger partial charge in [-0.25, -0.2) is 0 Å². The van der Waals surface area contributed by atoms with Gasteiger partial charge in [-0.15, -0.1) is 0 Å². The van der Waals surface area contributed by atoms with E-state index in [0.717, 1.165) is 27.8 Å². The van der Waals surface area contributed by atoms with Gasteiger partial charge in [-0.3, -0.25) is 9.69 Å². The van der Waals surface area contributed by atoms with Gasteiger partial charge in [-0.2, -0.15) is 0 Å². The molecule has 0 aliphatic carbocycles. The molecule has 0 bridgehead atoms. The van der Waals surface area contributed by atoms with Crippen LogP contribution in [-0.4, -0.2) is 12.4 Å². The number of nitrogens with one attached hydrogen (secondary N) is 1. The molecule has 1 aliphatic rings. The second-order valence-electron chi connectivity index (χ2n) is 6.63. The Morgan fingerprint density at radius 1 is 1.03 bits per heavy atom. The van der Waals surface area contributed by atoms with Gasteiger partial charge in [0.2, 0.25) is 5.88 Å². The van der Waals surface area contributed by atoms with Gasteiger partial charge in [-0.05, 0) is 73.7 Å². The molecule has 0 fully saturated rings. The number of nitrogens with zero attached hydrogens (tertiary/aromatic N) is 1. The van der Waals surface area contributed by atoms with Crippen LogP contribution in [0.5, 0.6) is 11.5 Å². The van der Waals surface area contributed by atoms with Crippen LogP contribution >= 0.6 is 27.5 Å². The molecule has 1 heterocycles. The lowest BCUT2D eigenvalue weighted by Crippen LogP contribution is -2.25. The Morgan fingerprint density at radius 2 is 1.73 bits per heavy atom. The highest BCUT2D eigenvalue weighted by atomic mass is 79.9. The van der Waals surface area contributed by atoms with Gasteiger partial charge in [0, 0.05) is 15.2 Å². The van der Waals surface area contributed by atoms with Gasteiger partial charge in [0.25, 0.3) is 0 Å². The molecule has 1 atom stereocenters. The van der Waals surface area contributed by atoms with E-state index in [1.807, 2.05) is 47.4 Å². The van der Waals surface area contributed by atoms with E-state index in [0.29, 0.717) is 22.4 Å². The first kappa shape index (κ1) is 20.3. The summed E-state index contributed by atoms with van der Waals surface area (Å²) in [6, 6.07) is 20.7. The zero-order valence-corrected chi connectivity index (χ0v) is 18.4. The summed E-state index contributed by atoms with van der Waals surface area (Å²) in [5.41, 5.74) is 2.73. The maximum Gasteiger partial charge on any atom is 0.221 e. The lowest BCUT2D eigenvalue weighted by atomic mass is 10.2. The number of ether oxygens (including phenoxy) is 2. The molecular weight excluding hydrogens is 468 g/mol. The second-order valence-corrected chi connectivity index (χ2v) is 7.98. The number of rotatable bonds is 6. The SMILES string of the molecule is C[C@H](C=O)Oc1ccc(OC2=CNc3cc(Cl)ccc3N2c2ccc(Br)cc2)cc1. The first-order valence-corrected chi connectivity index (χ1v) is 10.4. The van der Waals surface area contributed by atoms with Gasteiger partial charge < -0.3 is 14.8 Å². The summed E-state index contributed by atoms with van der Waals surface area (Å²) in [6.45, 7) is 1.69. The van der Waals surface area contributed by atoms with Gasteiger partial charge in [0.15, 0.2) is 12.4 Å². The largest absolute Gasteiger partial charge is 0.483 e. The molecule has 3 aromatic carbocycles. The zero-order chi connectivity index (χ0) is 21.1. The molecule has 0 unspecified atom stereocenters. The summed E-state index contributed by atoms with van der Waals surface area (Å²) in [4.78, 5) is 12.8. The normalized spacial score (nSPS) is 13.6. The predicted molar refractivity (Wildman–Crippen MR) is 123 cm³/mol. The third-order valence-electron chi connectivity index (χ3n) is 4.42. The van der Waals surface area contributed by atoms with E-state index in [1.54, 1.807) is 37.4 Å². The van der Waals surface area contributed by atoms with Crippen LogP contribution in [0.3, 0.4) is 0 Å². The Balaban J connectivity index is 1.64. The van der Waals surface area contributed by atoms with Crippen molar-refractivity contribution in [2.24, 2.45) is 0 Å². The van der Waals surface area contributed by atoms with Gasteiger partial charge in [-0.1, -0.05) is 27.5 Å². The summed E-state index contributed by atoms with van der Waals surface area (Å²) in [7, 11) is 0. The van der Waals surface area contributed by atoms with Crippen molar-refractivity contribution in [2.45, 2.75) is 13.0 Å². The summed E-state index contributed by atoms with van der Waals surface area (Å²) in [6.07, 6.45) is 2.04. The molecule has 7 heteroatoms. The van der Waals surface area contributed by atoms with E-state index in [2.05, 4.69) is 21.2 Å². The van der Waals surface area contributed by atoms with Crippen molar-refractivity contribution in [3.63, 3.8) is 0 Å². The molecule has 0 aromatic heterocycles. The highest BCUT2D eigenvalue weighted by Crippen LogP contribution is 2.40. The molecule has 0 radical (unpaired) electrons. The molecule has 1 aliphatic heterocycles. The van der Waals surface area contributed by atoms with Crippen molar-refractivity contribution in [1.29, 1.82) is 0 Å². The Kier molecular flexibility index (Phi) is 5.97.